The van der Waals surface area contributed by atoms with Crippen molar-refractivity contribution in [1.82, 2.24) is 9.38 Å². The molecule has 3 aromatic rings. The zero-order chi connectivity index (χ0) is 13.4. The van der Waals surface area contributed by atoms with Crippen molar-refractivity contribution in [2.24, 2.45) is 0 Å². The minimum atomic E-state index is 0.399. The summed E-state index contributed by atoms with van der Waals surface area (Å²) in [7, 11) is 0. The fraction of sp³-hybridized carbons (Fsp3) is 0. The molecule has 0 saturated carbocycles. The van der Waals surface area contributed by atoms with Crippen LogP contribution in [0.4, 0.5) is 0 Å². The topological polar surface area (TPSA) is 34.4 Å². The fourth-order valence-electron chi connectivity index (χ4n) is 2.00. The highest BCUT2D eigenvalue weighted by atomic mass is 79.9. The van der Waals surface area contributed by atoms with Crippen LogP contribution in [0.15, 0.2) is 47.1 Å². The predicted molar refractivity (Wildman–Crippen MR) is 78.7 cm³/mol. The van der Waals surface area contributed by atoms with E-state index in [0.29, 0.717) is 16.5 Å². The molecule has 0 aliphatic carbocycles. The van der Waals surface area contributed by atoms with Gasteiger partial charge in [0, 0.05) is 16.2 Å². The summed E-state index contributed by atoms with van der Waals surface area (Å²) in [6.07, 6.45) is 2.61. The summed E-state index contributed by atoms with van der Waals surface area (Å²) >= 11 is 9.58. The Morgan fingerprint density at radius 2 is 2.05 bits per heavy atom. The van der Waals surface area contributed by atoms with Crippen LogP contribution < -0.4 is 0 Å². The van der Waals surface area contributed by atoms with Crippen LogP contribution in [0.5, 0.6) is 0 Å². The lowest BCUT2D eigenvalue weighted by Crippen LogP contribution is -1.89. The number of benzene rings is 1. The van der Waals surface area contributed by atoms with Gasteiger partial charge >= 0.3 is 0 Å². The van der Waals surface area contributed by atoms with Gasteiger partial charge < -0.3 is 0 Å². The first kappa shape index (κ1) is 12.4. The van der Waals surface area contributed by atoms with Crippen LogP contribution >= 0.6 is 27.5 Å². The lowest BCUT2D eigenvalue weighted by Gasteiger charge is -2.03. The third-order valence-corrected chi connectivity index (χ3v) is 3.68. The maximum Gasteiger partial charge on any atom is 0.170 e. The lowest BCUT2D eigenvalue weighted by atomic mass is 10.2. The second-order valence-corrected chi connectivity index (χ2v) is 5.34. The summed E-state index contributed by atoms with van der Waals surface area (Å²) in [6.45, 7) is 0. The van der Waals surface area contributed by atoms with Gasteiger partial charge in [0.2, 0.25) is 0 Å². The number of imidazole rings is 1. The molecular weight excluding hydrogens is 328 g/mol. The SMILES string of the molecule is O=Cc1nc(-c2ccccc2Cl)n2ccc(Br)cc12. The van der Waals surface area contributed by atoms with E-state index in [1.807, 2.05) is 40.9 Å². The highest BCUT2D eigenvalue weighted by Gasteiger charge is 2.14. The molecule has 0 spiro atoms. The Hall–Kier alpha value is -1.65. The number of aromatic nitrogens is 2. The Morgan fingerprint density at radius 1 is 1.26 bits per heavy atom. The maximum absolute atomic E-state index is 11.1. The van der Waals surface area contributed by atoms with Crippen molar-refractivity contribution in [3.05, 3.63) is 57.8 Å². The largest absolute Gasteiger partial charge is 0.299 e. The third kappa shape index (κ3) is 2.07. The van der Waals surface area contributed by atoms with Gasteiger partial charge in [0.25, 0.3) is 0 Å². The van der Waals surface area contributed by atoms with Crippen molar-refractivity contribution in [2.45, 2.75) is 0 Å². The van der Waals surface area contributed by atoms with Crippen LogP contribution in [-0.2, 0) is 0 Å². The van der Waals surface area contributed by atoms with Crippen LogP contribution in [0.2, 0.25) is 5.02 Å². The number of nitrogens with zero attached hydrogens (tertiary/aromatic N) is 2. The Balaban J connectivity index is 2.37. The highest BCUT2D eigenvalue weighted by Crippen LogP contribution is 2.29. The minimum Gasteiger partial charge on any atom is -0.299 e. The summed E-state index contributed by atoms with van der Waals surface area (Å²) in [5.74, 6) is 0.662. The summed E-state index contributed by atoms with van der Waals surface area (Å²) < 4.78 is 2.75. The average molecular weight is 336 g/mol. The van der Waals surface area contributed by atoms with Crippen molar-refractivity contribution in [2.75, 3.05) is 0 Å². The van der Waals surface area contributed by atoms with E-state index in [4.69, 9.17) is 11.6 Å². The van der Waals surface area contributed by atoms with Gasteiger partial charge in [0.15, 0.2) is 6.29 Å². The first-order chi connectivity index (χ1) is 9.20. The first-order valence-corrected chi connectivity index (χ1v) is 6.75. The highest BCUT2D eigenvalue weighted by molar-refractivity contribution is 9.10. The smallest absolute Gasteiger partial charge is 0.170 e. The predicted octanol–water partition coefficient (Wildman–Crippen LogP) is 4.23. The van der Waals surface area contributed by atoms with E-state index in [1.165, 1.54) is 0 Å². The standard InChI is InChI=1S/C14H8BrClN2O/c15-9-5-6-18-13(7-9)12(8-19)17-14(18)10-3-1-2-4-11(10)16/h1-8H. The molecule has 2 heterocycles. The molecule has 3 nitrogen and oxygen atoms in total. The Bertz CT molecular complexity index is 782. The number of rotatable bonds is 2. The number of fused-ring (bicyclic) bond motifs is 1. The molecule has 19 heavy (non-hydrogen) atoms. The molecule has 0 fully saturated rings. The van der Waals surface area contributed by atoms with Crippen LogP contribution in [0.1, 0.15) is 10.5 Å². The molecule has 0 saturated heterocycles. The average Bonchev–Trinajstić information content (AvgIpc) is 2.77. The molecule has 0 atom stereocenters. The summed E-state index contributed by atoms with van der Waals surface area (Å²) in [4.78, 5) is 15.5. The van der Waals surface area contributed by atoms with Gasteiger partial charge in [-0.25, -0.2) is 4.98 Å². The second-order valence-electron chi connectivity index (χ2n) is 4.02. The maximum atomic E-state index is 11.1. The van der Waals surface area contributed by atoms with E-state index < -0.39 is 0 Å². The minimum absolute atomic E-state index is 0.399. The van der Waals surface area contributed by atoms with Crippen molar-refractivity contribution in [3.8, 4) is 11.4 Å². The molecule has 1 aromatic carbocycles. The normalized spacial score (nSPS) is 10.8. The van der Waals surface area contributed by atoms with E-state index >= 15 is 0 Å². The molecular formula is C14H8BrClN2O. The molecule has 94 valence electrons. The second kappa shape index (κ2) is 4.79. The molecule has 0 aliphatic heterocycles. The number of carbonyl (C=O) groups is 1. The van der Waals surface area contributed by atoms with E-state index in [0.717, 1.165) is 21.8 Å². The molecule has 0 radical (unpaired) electrons. The first-order valence-electron chi connectivity index (χ1n) is 5.58. The molecule has 0 amide bonds. The third-order valence-electron chi connectivity index (χ3n) is 2.86. The zero-order valence-electron chi connectivity index (χ0n) is 9.68. The van der Waals surface area contributed by atoms with Crippen LogP contribution in [0.3, 0.4) is 0 Å². The summed E-state index contributed by atoms with van der Waals surface area (Å²) in [6, 6.07) is 11.2. The fourth-order valence-corrected chi connectivity index (χ4v) is 2.56. The lowest BCUT2D eigenvalue weighted by molar-refractivity contribution is 0.112. The molecule has 0 N–H and O–H groups in total. The van der Waals surface area contributed by atoms with Crippen LogP contribution in [0, 0.1) is 0 Å². The van der Waals surface area contributed by atoms with Crippen molar-refractivity contribution in [1.29, 1.82) is 0 Å². The zero-order valence-corrected chi connectivity index (χ0v) is 12.0. The number of halogens is 2. The van der Waals surface area contributed by atoms with Gasteiger partial charge in [-0.2, -0.15) is 0 Å². The molecule has 0 aliphatic rings. The van der Waals surface area contributed by atoms with Gasteiger partial charge in [0.05, 0.1) is 10.5 Å². The van der Waals surface area contributed by atoms with Gasteiger partial charge in [-0.05, 0) is 24.3 Å². The Kier molecular flexibility index (Phi) is 3.12. The van der Waals surface area contributed by atoms with Gasteiger partial charge in [-0.3, -0.25) is 9.20 Å². The monoisotopic (exact) mass is 334 g/mol. The van der Waals surface area contributed by atoms with Crippen LogP contribution in [0.25, 0.3) is 16.9 Å². The number of pyridine rings is 1. The molecule has 0 unspecified atom stereocenters. The number of aldehydes is 1. The molecule has 3 rings (SSSR count). The van der Waals surface area contributed by atoms with Gasteiger partial charge in [-0.1, -0.05) is 39.7 Å². The Labute approximate surface area is 123 Å². The summed E-state index contributed by atoms with van der Waals surface area (Å²) in [5, 5.41) is 0.606. The molecule has 0 bridgehead atoms. The van der Waals surface area contributed by atoms with Gasteiger partial charge in [-0.15, -0.1) is 0 Å². The molecule has 5 heteroatoms. The van der Waals surface area contributed by atoms with Crippen molar-refractivity contribution in [3.63, 3.8) is 0 Å². The van der Waals surface area contributed by atoms with E-state index in [9.17, 15) is 4.79 Å². The van der Waals surface area contributed by atoms with Crippen molar-refractivity contribution >= 4 is 39.3 Å². The quantitative estimate of drug-likeness (QED) is 0.657. The van der Waals surface area contributed by atoms with E-state index in [1.54, 1.807) is 6.07 Å². The van der Waals surface area contributed by atoms with Crippen LogP contribution in [-0.4, -0.2) is 15.7 Å². The molecule has 2 aromatic heterocycles. The number of hydrogen-bond acceptors (Lipinski definition) is 2. The van der Waals surface area contributed by atoms with E-state index in [-0.39, 0.29) is 0 Å². The van der Waals surface area contributed by atoms with Gasteiger partial charge in [0.1, 0.15) is 11.5 Å². The Morgan fingerprint density at radius 3 is 2.79 bits per heavy atom. The summed E-state index contributed by atoms with van der Waals surface area (Å²) in [5.41, 5.74) is 1.95. The number of carbonyl (C=O) groups excluding carboxylic acids is 1. The van der Waals surface area contributed by atoms with Crippen molar-refractivity contribution < 1.29 is 4.79 Å². The van der Waals surface area contributed by atoms with E-state index in [2.05, 4.69) is 20.9 Å². The number of hydrogen-bond donors (Lipinski definition) is 0.